The zero-order valence-corrected chi connectivity index (χ0v) is 33.4. The standard InChI is InChI=1S/C46H80O3/c1-7-8-9-10-11-12-13-14-15-16-17-18-19-20-21-22-34-48-44(47)49-39-30-32-45(5)38(35-39)26-27-40-42-29-28-41(37(4)25-23-24-36(2)3)46(42,6)33-31-43(40)45/h14-15,26,36-37,39-43H,7-13,16-25,27-35H2,1-6H3/b15-14-/t37-,39+,40+,41-,42+,43+,45+,46-/m1/s1. The lowest BCUT2D eigenvalue weighted by atomic mass is 9.47. The lowest BCUT2D eigenvalue weighted by Crippen LogP contribution is -2.51. The minimum Gasteiger partial charge on any atom is -0.434 e. The Balaban J connectivity index is 1.08. The van der Waals surface area contributed by atoms with Gasteiger partial charge < -0.3 is 9.47 Å². The van der Waals surface area contributed by atoms with Crippen LogP contribution >= 0.6 is 0 Å². The largest absolute Gasteiger partial charge is 0.508 e. The number of hydrogen-bond donors (Lipinski definition) is 0. The first-order chi connectivity index (χ1) is 23.7. The average Bonchev–Trinajstić information content (AvgIpc) is 3.43. The molecule has 0 unspecified atom stereocenters. The Labute approximate surface area is 304 Å². The van der Waals surface area contributed by atoms with Crippen molar-refractivity contribution in [3.63, 3.8) is 0 Å². The lowest BCUT2D eigenvalue weighted by molar-refractivity contribution is -0.0617. The molecule has 0 aromatic rings. The van der Waals surface area contributed by atoms with Crippen LogP contribution in [0.2, 0.25) is 0 Å². The van der Waals surface area contributed by atoms with Crippen molar-refractivity contribution in [3.05, 3.63) is 23.8 Å². The fourth-order valence-corrected chi connectivity index (χ4v) is 11.4. The molecule has 3 saturated carbocycles. The molecule has 0 aromatic carbocycles. The number of carbonyl (C=O) groups excluding carboxylic acids is 1. The second-order valence-corrected chi connectivity index (χ2v) is 18.3. The third-order valence-electron chi connectivity index (χ3n) is 14.4. The second kappa shape index (κ2) is 20.7. The van der Waals surface area contributed by atoms with Crippen LogP contribution in [-0.4, -0.2) is 18.9 Å². The summed E-state index contributed by atoms with van der Waals surface area (Å²) in [4.78, 5) is 12.6. The zero-order chi connectivity index (χ0) is 35.1. The summed E-state index contributed by atoms with van der Waals surface area (Å²) in [5.41, 5.74) is 2.42. The first-order valence-electron chi connectivity index (χ1n) is 21.9. The molecule has 3 heteroatoms. The van der Waals surface area contributed by atoms with Crippen LogP contribution in [0.5, 0.6) is 0 Å². The molecule has 0 spiro atoms. The minimum atomic E-state index is -0.441. The third kappa shape index (κ3) is 11.6. The molecule has 0 saturated heterocycles. The highest BCUT2D eigenvalue weighted by Gasteiger charge is 2.59. The molecule has 0 amide bonds. The summed E-state index contributed by atoms with van der Waals surface area (Å²) in [6, 6.07) is 0. The molecule has 8 atom stereocenters. The van der Waals surface area contributed by atoms with E-state index in [0.29, 0.717) is 17.4 Å². The number of unbranched alkanes of at least 4 members (excludes halogenated alkanes) is 12. The molecule has 49 heavy (non-hydrogen) atoms. The summed E-state index contributed by atoms with van der Waals surface area (Å²) in [6.07, 6.45) is 39.2. The highest BCUT2D eigenvalue weighted by molar-refractivity contribution is 5.60. The molecule has 282 valence electrons. The monoisotopic (exact) mass is 681 g/mol. The summed E-state index contributed by atoms with van der Waals surface area (Å²) in [7, 11) is 0. The number of carbonyl (C=O) groups is 1. The van der Waals surface area contributed by atoms with Gasteiger partial charge in [0.25, 0.3) is 0 Å². The van der Waals surface area contributed by atoms with E-state index in [0.717, 1.165) is 67.6 Å². The maximum Gasteiger partial charge on any atom is 0.508 e. The molecule has 0 aliphatic heterocycles. The topological polar surface area (TPSA) is 35.5 Å². The van der Waals surface area contributed by atoms with E-state index in [-0.39, 0.29) is 6.10 Å². The first kappa shape index (κ1) is 40.5. The minimum absolute atomic E-state index is 0.0142. The van der Waals surface area contributed by atoms with Crippen molar-refractivity contribution in [2.45, 2.75) is 208 Å². The highest BCUT2D eigenvalue weighted by Crippen LogP contribution is 2.67. The van der Waals surface area contributed by atoms with Gasteiger partial charge in [0.2, 0.25) is 0 Å². The molecule has 4 aliphatic carbocycles. The van der Waals surface area contributed by atoms with Gasteiger partial charge in [0.1, 0.15) is 6.10 Å². The molecule has 0 radical (unpaired) electrons. The van der Waals surface area contributed by atoms with E-state index in [4.69, 9.17) is 9.47 Å². The van der Waals surface area contributed by atoms with Gasteiger partial charge in [0, 0.05) is 6.42 Å². The molecule has 3 nitrogen and oxygen atoms in total. The molecule has 0 aromatic heterocycles. The Bertz CT molecular complexity index is 1010. The zero-order valence-electron chi connectivity index (χ0n) is 33.4. The van der Waals surface area contributed by atoms with Gasteiger partial charge >= 0.3 is 6.16 Å². The van der Waals surface area contributed by atoms with Crippen LogP contribution in [0.1, 0.15) is 202 Å². The van der Waals surface area contributed by atoms with Crippen molar-refractivity contribution in [2.75, 3.05) is 6.61 Å². The van der Waals surface area contributed by atoms with Crippen LogP contribution in [0, 0.1) is 46.3 Å². The van der Waals surface area contributed by atoms with Crippen molar-refractivity contribution in [2.24, 2.45) is 46.3 Å². The molecule has 4 aliphatic rings. The maximum absolute atomic E-state index is 12.6. The van der Waals surface area contributed by atoms with E-state index in [1.54, 1.807) is 5.57 Å². The quantitative estimate of drug-likeness (QED) is 0.0648. The van der Waals surface area contributed by atoms with Crippen LogP contribution < -0.4 is 0 Å². The molecule has 0 bridgehead atoms. The molecule has 3 fully saturated rings. The van der Waals surface area contributed by atoms with Crippen molar-refractivity contribution < 1.29 is 14.3 Å². The SMILES string of the molecule is CCCCCCCC/C=C\CCCCCCCCOC(=O)O[C@H]1CC[C@@]2(C)C(=CC[C@H]3[C@@H]4CC[C@H]([C@H](C)CCCC(C)C)[C@@]4(C)CC[C@@H]32)C1. The van der Waals surface area contributed by atoms with E-state index in [2.05, 4.69) is 59.8 Å². The van der Waals surface area contributed by atoms with E-state index < -0.39 is 6.16 Å². The van der Waals surface area contributed by atoms with Crippen molar-refractivity contribution in [1.29, 1.82) is 0 Å². The van der Waals surface area contributed by atoms with Crippen LogP contribution in [0.15, 0.2) is 23.8 Å². The predicted molar refractivity (Wildman–Crippen MR) is 209 cm³/mol. The average molecular weight is 681 g/mol. The Morgan fingerprint density at radius 2 is 1.47 bits per heavy atom. The maximum atomic E-state index is 12.6. The van der Waals surface area contributed by atoms with E-state index >= 15 is 0 Å². The van der Waals surface area contributed by atoms with Crippen molar-refractivity contribution in [3.8, 4) is 0 Å². The van der Waals surface area contributed by atoms with Gasteiger partial charge in [-0.2, -0.15) is 0 Å². The summed E-state index contributed by atoms with van der Waals surface area (Å²) in [5.74, 6) is 5.15. The number of allylic oxidation sites excluding steroid dienone is 3. The number of hydrogen-bond acceptors (Lipinski definition) is 3. The van der Waals surface area contributed by atoms with Crippen LogP contribution in [0.25, 0.3) is 0 Å². The summed E-state index contributed by atoms with van der Waals surface area (Å²) in [5, 5.41) is 0. The highest BCUT2D eigenvalue weighted by atomic mass is 16.7. The van der Waals surface area contributed by atoms with E-state index in [9.17, 15) is 4.79 Å². The Morgan fingerprint density at radius 3 is 2.16 bits per heavy atom. The summed E-state index contributed by atoms with van der Waals surface area (Å²) < 4.78 is 11.5. The second-order valence-electron chi connectivity index (χ2n) is 18.3. The third-order valence-corrected chi connectivity index (χ3v) is 14.4. The molecular formula is C46H80O3. The van der Waals surface area contributed by atoms with Gasteiger partial charge in [-0.3, -0.25) is 0 Å². The van der Waals surface area contributed by atoms with Crippen LogP contribution in [0.4, 0.5) is 4.79 Å². The number of ether oxygens (including phenoxy) is 2. The lowest BCUT2D eigenvalue weighted by Gasteiger charge is -2.58. The van der Waals surface area contributed by atoms with E-state index in [1.165, 1.54) is 128 Å². The van der Waals surface area contributed by atoms with Crippen molar-refractivity contribution in [1.82, 2.24) is 0 Å². The van der Waals surface area contributed by atoms with Gasteiger partial charge in [-0.15, -0.1) is 0 Å². The van der Waals surface area contributed by atoms with Crippen LogP contribution in [0.3, 0.4) is 0 Å². The van der Waals surface area contributed by atoms with E-state index in [1.807, 2.05) is 0 Å². The molecule has 0 heterocycles. The first-order valence-corrected chi connectivity index (χ1v) is 21.9. The fourth-order valence-electron chi connectivity index (χ4n) is 11.4. The Hall–Kier alpha value is -1.25. The predicted octanol–water partition coefficient (Wildman–Crippen LogP) is 14.6. The van der Waals surface area contributed by atoms with Gasteiger partial charge in [-0.1, -0.05) is 142 Å². The number of rotatable bonds is 22. The van der Waals surface area contributed by atoms with Crippen molar-refractivity contribution >= 4 is 6.16 Å². The fraction of sp³-hybridized carbons (Fsp3) is 0.891. The summed E-state index contributed by atoms with van der Waals surface area (Å²) >= 11 is 0. The normalized spacial score (nSPS) is 31.7. The summed E-state index contributed by atoms with van der Waals surface area (Å²) in [6.45, 7) is 15.4. The van der Waals surface area contributed by atoms with Gasteiger partial charge in [-0.05, 0) is 123 Å². The molecular weight excluding hydrogens is 601 g/mol. The Kier molecular flexibility index (Phi) is 17.1. The van der Waals surface area contributed by atoms with Crippen LogP contribution in [-0.2, 0) is 9.47 Å². The molecule has 0 N–H and O–H groups in total. The van der Waals surface area contributed by atoms with Gasteiger partial charge in [0.05, 0.1) is 6.61 Å². The Morgan fingerprint density at radius 1 is 0.796 bits per heavy atom. The smallest absolute Gasteiger partial charge is 0.434 e. The molecule has 4 rings (SSSR count). The van der Waals surface area contributed by atoms with Gasteiger partial charge in [0.15, 0.2) is 0 Å². The van der Waals surface area contributed by atoms with Gasteiger partial charge in [-0.25, -0.2) is 4.79 Å². The number of fused-ring (bicyclic) bond motifs is 5.